The number of nitrogens with one attached hydrogen (secondary N) is 1. The minimum atomic E-state index is -1.50. The molecule has 0 unspecified atom stereocenters. The number of aryl methyl sites for hydroxylation is 1. The monoisotopic (exact) mass is 273 g/mol. The molecule has 1 fully saturated rings. The Bertz CT molecular complexity index is 428. The van der Waals surface area contributed by atoms with Gasteiger partial charge in [0.05, 0.1) is 6.54 Å². The van der Waals surface area contributed by atoms with Crippen LogP contribution in [-0.4, -0.2) is 23.0 Å². The van der Waals surface area contributed by atoms with Gasteiger partial charge in [0.25, 0.3) is 6.08 Å². The minimum Gasteiger partial charge on any atom is -0.368 e. The molecular formula is C13H18F3N3. The maximum absolute atomic E-state index is 12.4. The number of alkyl halides is 1. The Kier molecular flexibility index (Phi) is 4.87. The third-order valence-corrected chi connectivity index (χ3v) is 3.50. The summed E-state index contributed by atoms with van der Waals surface area (Å²) in [5.74, 6) is 1.11. The molecule has 1 heterocycles. The van der Waals surface area contributed by atoms with Crippen LogP contribution >= 0.6 is 0 Å². The van der Waals surface area contributed by atoms with E-state index in [0.29, 0.717) is 30.2 Å². The zero-order valence-corrected chi connectivity index (χ0v) is 10.7. The van der Waals surface area contributed by atoms with Crippen molar-refractivity contribution in [3.05, 3.63) is 23.9 Å². The Morgan fingerprint density at radius 2 is 2.11 bits per heavy atom. The Labute approximate surface area is 110 Å². The Balaban J connectivity index is 1.75. The van der Waals surface area contributed by atoms with E-state index in [2.05, 4.69) is 10.4 Å². The number of allylic oxidation sites excluding steroid dienone is 1. The van der Waals surface area contributed by atoms with Gasteiger partial charge in [-0.25, -0.2) is 4.39 Å². The fourth-order valence-corrected chi connectivity index (χ4v) is 2.34. The molecule has 2 rings (SSSR count). The van der Waals surface area contributed by atoms with Crippen LogP contribution in [-0.2, 0) is 6.54 Å². The highest BCUT2D eigenvalue weighted by Crippen LogP contribution is 2.31. The zero-order chi connectivity index (χ0) is 13.7. The normalized spacial score (nSPS) is 19.5. The van der Waals surface area contributed by atoms with Crippen LogP contribution in [0.15, 0.2) is 23.9 Å². The number of aromatic nitrogens is 2. The average Bonchev–Trinajstić information content (AvgIpc) is 2.85. The summed E-state index contributed by atoms with van der Waals surface area (Å²) < 4.78 is 38.5. The van der Waals surface area contributed by atoms with Crippen molar-refractivity contribution in [3.8, 4) is 0 Å². The van der Waals surface area contributed by atoms with E-state index in [-0.39, 0.29) is 6.54 Å². The summed E-state index contributed by atoms with van der Waals surface area (Å²) in [5, 5.41) is 7.34. The van der Waals surface area contributed by atoms with Crippen LogP contribution in [0.4, 0.5) is 19.0 Å². The molecule has 0 radical (unpaired) electrons. The summed E-state index contributed by atoms with van der Waals surface area (Å²) in [6.07, 6.45) is 2.77. The molecule has 6 heteroatoms. The van der Waals surface area contributed by atoms with Crippen molar-refractivity contribution in [2.24, 2.45) is 5.92 Å². The molecule has 1 aliphatic carbocycles. The van der Waals surface area contributed by atoms with Gasteiger partial charge in [-0.1, -0.05) is 0 Å². The molecule has 0 aliphatic heterocycles. The molecule has 0 atom stereocenters. The van der Waals surface area contributed by atoms with Crippen LogP contribution < -0.4 is 5.32 Å². The first kappa shape index (κ1) is 14.0. The van der Waals surface area contributed by atoms with Crippen LogP contribution in [0.3, 0.4) is 0 Å². The molecule has 0 amide bonds. The van der Waals surface area contributed by atoms with Gasteiger partial charge in [0, 0.05) is 18.8 Å². The van der Waals surface area contributed by atoms with E-state index in [1.165, 1.54) is 0 Å². The van der Waals surface area contributed by atoms with Gasteiger partial charge in [0.1, 0.15) is 12.5 Å². The zero-order valence-electron chi connectivity index (χ0n) is 10.7. The smallest absolute Gasteiger partial charge is 0.269 e. The average molecular weight is 273 g/mol. The van der Waals surface area contributed by atoms with Crippen molar-refractivity contribution in [1.29, 1.82) is 0 Å². The van der Waals surface area contributed by atoms with Crippen LogP contribution in [0.25, 0.3) is 0 Å². The van der Waals surface area contributed by atoms with E-state index in [1.54, 1.807) is 16.9 Å². The van der Waals surface area contributed by atoms with Crippen LogP contribution in [0.2, 0.25) is 0 Å². The predicted molar refractivity (Wildman–Crippen MR) is 67.9 cm³/mol. The van der Waals surface area contributed by atoms with Crippen LogP contribution in [0, 0.1) is 5.92 Å². The number of rotatable bonds is 5. The first-order valence-corrected chi connectivity index (χ1v) is 6.55. The molecule has 1 aliphatic rings. The lowest BCUT2D eigenvalue weighted by atomic mass is 9.86. The van der Waals surface area contributed by atoms with Crippen LogP contribution in [0.5, 0.6) is 0 Å². The number of hydrogen-bond donors (Lipinski definition) is 1. The van der Waals surface area contributed by atoms with Crippen molar-refractivity contribution in [1.82, 2.24) is 9.78 Å². The second-order valence-corrected chi connectivity index (χ2v) is 4.84. The number of halogens is 3. The molecule has 3 nitrogen and oxygen atoms in total. The molecule has 0 aromatic carbocycles. The van der Waals surface area contributed by atoms with E-state index in [4.69, 9.17) is 0 Å². The van der Waals surface area contributed by atoms with Crippen molar-refractivity contribution < 1.29 is 13.2 Å². The Morgan fingerprint density at radius 1 is 1.37 bits per heavy atom. The maximum Gasteiger partial charge on any atom is 0.269 e. The third kappa shape index (κ3) is 4.01. The Hall–Kier alpha value is -1.46. The minimum absolute atomic E-state index is 0.259. The highest BCUT2D eigenvalue weighted by Gasteiger charge is 2.19. The molecule has 19 heavy (non-hydrogen) atoms. The second kappa shape index (κ2) is 6.63. The maximum atomic E-state index is 12.4. The molecule has 0 saturated heterocycles. The summed E-state index contributed by atoms with van der Waals surface area (Å²) in [6, 6.07) is 1.80. The SMILES string of the molecule is FCCn1ccc(NCC2CCC(=C(F)F)CC2)n1. The van der Waals surface area contributed by atoms with Gasteiger partial charge in [-0.05, 0) is 37.2 Å². The lowest BCUT2D eigenvalue weighted by molar-refractivity contribution is 0.365. The lowest BCUT2D eigenvalue weighted by Crippen LogP contribution is -2.18. The largest absolute Gasteiger partial charge is 0.368 e. The molecule has 1 N–H and O–H groups in total. The van der Waals surface area contributed by atoms with Gasteiger partial charge < -0.3 is 5.32 Å². The highest BCUT2D eigenvalue weighted by molar-refractivity contribution is 5.32. The van der Waals surface area contributed by atoms with Gasteiger partial charge in [0.2, 0.25) is 0 Å². The fraction of sp³-hybridized carbons (Fsp3) is 0.615. The molecule has 0 bridgehead atoms. The summed E-state index contributed by atoms with van der Waals surface area (Å²) in [4.78, 5) is 0. The third-order valence-electron chi connectivity index (χ3n) is 3.50. The number of hydrogen-bond acceptors (Lipinski definition) is 2. The van der Waals surface area contributed by atoms with Crippen LogP contribution in [0.1, 0.15) is 25.7 Å². The molecule has 1 aromatic rings. The highest BCUT2D eigenvalue weighted by atomic mass is 19.3. The van der Waals surface area contributed by atoms with Gasteiger partial charge in [-0.15, -0.1) is 0 Å². The standard InChI is InChI=1S/C13H18F3N3/c14-6-8-19-7-5-12(18-19)17-9-10-1-3-11(4-2-10)13(15)16/h5,7,10H,1-4,6,8-9H2,(H,17,18). The lowest BCUT2D eigenvalue weighted by Gasteiger charge is -2.23. The molecule has 0 spiro atoms. The molecule has 1 saturated carbocycles. The van der Waals surface area contributed by atoms with Gasteiger partial charge in [-0.2, -0.15) is 13.9 Å². The summed E-state index contributed by atoms with van der Waals surface area (Å²) in [5.41, 5.74) is 0.309. The topological polar surface area (TPSA) is 29.9 Å². The molecule has 1 aromatic heterocycles. The van der Waals surface area contributed by atoms with E-state index in [0.717, 1.165) is 19.4 Å². The first-order chi connectivity index (χ1) is 9.19. The van der Waals surface area contributed by atoms with E-state index >= 15 is 0 Å². The first-order valence-electron chi connectivity index (χ1n) is 6.55. The number of nitrogens with zero attached hydrogens (tertiary/aromatic N) is 2. The van der Waals surface area contributed by atoms with Gasteiger partial charge >= 0.3 is 0 Å². The van der Waals surface area contributed by atoms with Gasteiger partial charge in [-0.3, -0.25) is 4.68 Å². The Morgan fingerprint density at radius 3 is 2.74 bits per heavy atom. The number of anilines is 1. The summed E-state index contributed by atoms with van der Waals surface area (Å²) in [7, 11) is 0. The summed E-state index contributed by atoms with van der Waals surface area (Å²) >= 11 is 0. The molecule has 106 valence electrons. The quantitative estimate of drug-likeness (QED) is 0.888. The summed E-state index contributed by atoms with van der Waals surface area (Å²) in [6.45, 7) is 0.552. The van der Waals surface area contributed by atoms with Crippen molar-refractivity contribution >= 4 is 5.82 Å². The fourth-order valence-electron chi connectivity index (χ4n) is 2.34. The van der Waals surface area contributed by atoms with E-state index in [9.17, 15) is 13.2 Å². The molecular weight excluding hydrogens is 255 g/mol. The van der Waals surface area contributed by atoms with E-state index in [1.807, 2.05) is 0 Å². The van der Waals surface area contributed by atoms with E-state index < -0.39 is 12.8 Å². The van der Waals surface area contributed by atoms with Gasteiger partial charge in [0.15, 0.2) is 0 Å². The van der Waals surface area contributed by atoms with Crippen molar-refractivity contribution in [2.75, 3.05) is 18.5 Å². The second-order valence-electron chi connectivity index (χ2n) is 4.84. The van der Waals surface area contributed by atoms with Crippen molar-refractivity contribution in [2.45, 2.75) is 32.2 Å². The predicted octanol–water partition coefficient (Wildman–Crippen LogP) is 3.61. The van der Waals surface area contributed by atoms with Crippen molar-refractivity contribution in [3.63, 3.8) is 0 Å².